The summed E-state index contributed by atoms with van der Waals surface area (Å²) in [4.78, 5) is 1.90. The molecule has 1 aromatic carbocycles. The molecule has 0 amide bonds. The summed E-state index contributed by atoms with van der Waals surface area (Å²) in [6.45, 7) is 1.27. The van der Waals surface area contributed by atoms with Gasteiger partial charge in [-0.05, 0) is 17.7 Å². The monoisotopic (exact) mass is 242 g/mol. The van der Waals surface area contributed by atoms with Crippen molar-refractivity contribution in [3.63, 3.8) is 0 Å². The summed E-state index contributed by atoms with van der Waals surface area (Å²) in [5.74, 6) is 0. The summed E-state index contributed by atoms with van der Waals surface area (Å²) in [5.41, 5.74) is 7.32. The number of hydrogen-bond acceptors (Lipinski definition) is 4. The maximum Gasteiger partial charge on any atom is 0.0990 e. The molecule has 0 saturated carbocycles. The Morgan fingerprint density at radius 2 is 1.94 bits per heavy atom. The summed E-state index contributed by atoms with van der Waals surface area (Å²) in [6, 6.07) is 5.59. The molecule has 0 spiro atoms. The van der Waals surface area contributed by atoms with E-state index < -0.39 is 12.2 Å². The van der Waals surface area contributed by atoms with E-state index in [1.54, 1.807) is 0 Å². The zero-order valence-electron chi connectivity index (χ0n) is 8.81. The molecule has 2 unspecified atom stereocenters. The predicted molar refractivity (Wildman–Crippen MR) is 63.6 cm³/mol. The highest BCUT2D eigenvalue weighted by molar-refractivity contribution is 6.31. The van der Waals surface area contributed by atoms with Crippen LogP contribution in [0.1, 0.15) is 5.56 Å². The van der Waals surface area contributed by atoms with Crippen molar-refractivity contribution in [3.05, 3.63) is 28.8 Å². The van der Waals surface area contributed by atoms with Crippen LogP contribution < -0.4 is 10.6 Å². The van der Waals surface area contributed by atoms with Crippen molar-refractivity contribution in [1.29, 1.82) is 0 Å². The number of benzene rings is 1. The summed E-state index contributed by atoms with van der Waals surface area (Å²) in [7, 11) is 0. The summed E-state index contributed by atoms with van der Waals surface area (Å²) >= 11 is 6.05. The molecular formula is C11H15ClN2O2. The van der Waals surface area contributed by atoms with Gasteiger partial charge in [-0.25, -0.2) is 0 Å². The van der Waals surface area contributed by atoms with Gasteiger partial charge in [-0.2, -0.15) is 0 Å². The van der Waals surface area contributed by atoms with Crippen molar-refractivity contribution in [2.75, 3.05) is 18.0 Å². The molecule has 88 valence electrons. The Morgan fingerprint density at radius 1 is 1.31 bits per heavy atom. The van der Waals surface area contributed by atoms with Crippen molar-refractivity contribution < 1.29 is 10.2 Å². The maximum absolute atomic E-state index is 9.45. The van der Waals surface area contributed by atoms with Crippen LogP contribution in [0.5, 0.6) is 0 Å². The number of nitrogens with two attached hydrogens (primary N) is 1. The third-order valence-corrected chi connectivity index (χ3v) is 3.23. The van der Waals surface area contributed by atoms with Crippen LogP contribution in [0.25, 0.3) is 0 Å². The summed E-state index contributed by atoms with van der Waals surface area (Å²) in [5, 5.41) is 19.5. The number of nitrogens with zero attached hydrogens (tertiary/aromatic N) is 1. The Bertz CT molecular complexity index is 376. The topological polar surface area (TPSA) is 69.7 Å². The molecule has 0 aromatic heterocycles. The molecule has 1 heterocycles. The van der Waals surface area contributed by atoms with Gasteiger partial charge in [-0.3, -0.25) is 0 Å². The van der Waals surface area contributed by atoms with Crippen LogP contribution in [-0.2, 0) is 6.54 Å². The third-order valence-electron chi connectivity index (χ3n) is 2.88. The van der Waals surface area contributed by atoms with Crippen LogP contribution in [0.3, 0.4) is 0 Å². The molecule has 1 aromatic rings. The molecule has 1 aliphatic rings. The lowest BCUT2D eigenvalue weighted by molar-refractivity contribution is 0.0572. The molecule has 1 saturated heterocycles. The maximum atomic E-state index is 9.45. The Labute approximate surface area is 99.2 Å². The van der Waals surface area contributed by atoms with Crippen LogP contribution in [0.4, 0.5) is 5.69 Å². The number of halogens is 1. The van der Waals surface area contributed by atoms with Gasteiger partial charge in [-0.1, -0.05) is 17.7 Å². The zero-order chi connectivity index (χ0) is 11.7. The van der Waals surface area contributed by atoms with E-state index in [-0.39, 0.29) is 0 Å². The SMILES string of the molecule is NCc1ccc(N2CC(O)C(O)C2)cc1Cl. The minimum atomic E-state index is -0.687. The molecule has 0 bridgehead atoms. The van der Waals surface area contributed by atoms with E-state index in [0.717, 1.165) is 11.3 Å². The molecule has 1 aliphatic heterocycles. The highest BCUT2D eigenvalue weighted by Gasteiger charge is 2.29. The first-order valence-electron chi connectivity index (χ1n) is 5.21. The molecule has 5 heteroatoms. The smallest absolute Gasteiger partial charge is 0.0990 e. The molecule has 2 atom stereocenters. The van der Waals surface area contributed by atoms with E-state index in [9.17, 15) is 10.2 Å². The van der Waals surface area contributed by atoms with E-state index in [2.05, 4.69) is 0 Å². The quantitative estimate of drug-likeness (QED) is 0.700. The largest absolute Gasteiger partial charge is 0.389 e. The number of rotatable bonds is 2. The van der Waals surface area contributed by atoms with E-state index in [1.807, 2.05) is 23.1 Å². The van der Waals surface area contributed by atoms with Gasteiger partial charge in [0.2, 0.25) is 0 Å². The van der Waals surface area contributed by atoms with Crippen molar-refractivity contribution in [2.24, 2.45) is 5.73 Å². The van der Waals surface area contributed by atoms with E-state index in [0.29, 0.717) is 24.7 Å². The second-order valence-electron chi connectivity index (χ2n) is 4.02. The van der Waals surface area contributed by atoms with Crippen LogP contribution in [-0.4, -0.2) is 35.5 Å². The second-order valence-corrected chi connectivity index (χ2v) is 4.43. The lowest BCUT2D eigenvalue weighted by Gasteiger charge is -2.18. The number of aliphatic hydroxyl groups excluding tert-OH is 2. The van der Waals surface area contributed by atoms with Gasteiger partial charge < -0.3 is 20.8 Å². The highest BCUT2D eigenvalue weighted by atomic mass is 35.5. The van der Waals surface area contributed by atoms with Crippen molar-refractivity contribution >= 4 is 17.3 Å². The molecule has 1 fully saturated rings. The lowest BCUT2D eigenvalue weighted by Crippen LogP contribution is -2.22. The van der Waals surface area contributed by atoms with Gasteiger partial charge in [0, 0.05) is 30.3 Å². The standard InChI is InChI=1S/C11H15ClN2O2/c12-9-3-8(2-1-7(9)4-13)14-5-10(15)11(16)6-14/h1-3,10-11,15-16H,4-6,13H2. The Balaban J connectivity index is 2.19. The zero-order valence-corrected chi connectivity index (χ0v) is 9.56. The molecular weight excluding hydrogens is 228 g/mol. The number of β-amino-alcohol motifs (C(OH)–C–C–N with tert-alkyl or cyclic N) is 2. The first-order chi connectivity index (χ1) is 7.61. The minimum Gasteiger partial charge on any atom is -0.389 e. The van der Waals surface area contributed by atoms with Gasteiger partial charge >= 0.3 is 0 Å². The number of anilines is 1. The molecule has 4 nitrogen and oxygen atoms in total. The Hall–Kier alpha value is -0.810. The average molecular weight is 243 g/mol. The van der Waals surface area contributed by atoms with Crippen molar-refractivity contribution in [3.8, 4) is 0 Å². The lowest BCUT2D eigenvalue weighted by atomic mass is 10.2. The van der Waals surface area contributed by atoms with Crippen molar-refractivity contribution in [1.82, 2.24) is 0 Å². The molecule has 2 rings (SSSR count). The molecule has 4 N–H and O–H groups in total. The Kier molecular flexibility index (Phi) is 3.35. The first kappa shape index (κ1) is 11.7. The van der Waals surface area contributed by atoms with Gasteiger partial charge in [0.1, 0.15) is 0 Å². The first-order valence-corrected chi connectivity index (χ1v) is 5.59. The summed E-state index contributed by atoms with van der Waals surface area (Å²) < 4.78 is 0. The fourth-order valence-corrected chi connectivity index (χ4v) is 2.13. The fourth-order valence-electron chi connectivity index (χ4n) is 1.88. The predicted octanol–water partition coefficient (Wildman–Crippen LogP) is 0.340. The molecule has 16 heavy (non-hydrogen) atoms. The second kappa shape index (κ2) is 4.59. The Morgan fingerprint density at radius 3 is 2.44 bits per heavy atom. The summed E-state index contributed by atoms with van der Waals surface area (Å²) in [6.07, 6.45) is -1.37. The van der Waals surface area contributed by atoms with E-state index >= 15 is 0 Å². The normalized spacial score (nSPS) is 25.1. The van der Waals surface area contributed by atoms with Gasteiger partial charge in [0.05, 0.1) is 12.2 Å². The number of hydrogen-bond donors (Lipinski definition) is 3. The molecule has 0 radical (unpaired) electrons. The minimum absolute atomic E-state index is 0.407. The van der Waals surface area contributed by atoms with Crippen LogP contribution in [0.15, 0.2) is 18.2 Å². The average Bonchev–Trinajstić information content (AvgIpc) is 2.59. The van der Waals surface area contributed by atoms with Crippen molar-refractivity contribution in [2.45, 2.75) is 18.8 Å². The van der Waals surface area contributed by atoms with Crippen LogP contribution >= 0.6 is 11.6 Å². The fraction of sp³-hybridized carbons (Fsp3) is 0.455. The number of aliphatic hydroxyl groups is 2. The van der Waals surface area contributed by atoms with Crippen LogP contribution in [0.2, 0.25) is 5.02 Å². The van der Waals surface area contributed by atoms with Gasteiger partial charge in [0.25, 0.3) is 0 Å². The van der Waals surface area contributed by atoms with E-state index in [1.165, 1.54) is 0 Å². The highest BCUT2D eigenvalue weighted by Crippen LogP contribution is 2.26. The van der Waals surface area contributed by atoms with Gasteiger partial charge in [0.15, 0.2) is 0 Å². The van der Waals surface area contributed by atoms with Crippen LogP contribution in [0, 0.1) is 0 Å². The van der Waals surface area contributed by atoms with E-state index in [4.69, 9.17) is 17.3 Å². The van der Waals surface area contributed by atoms with Gasteiger partial charge in [-0.15, -0.1) is 0 Å². The molecule has 0 aliphatic carbocycles. The third kappa shape index (κ3) is 2.15.